The van der Waals surface area contributed by atoms with Crippen molar-refractivity contribution in [3.63, 3.8) is 0 Å². The Kier molecular flexibility index (Phi) is 4.99. The van der Waals surface area contributed by atoms with Crippen molar-refractivity contribution >= 4 is 22.4 Å². The highest BCUT2D eigenvalue weighted by Crippen LogP contribution is 2.32. The van der Waals surface area contributed by atoms with Crippen molar-refractivity contribution in [1.82, 2.24) is 10.3 Å². The molecule has 25 heavy (non-hydrogen) atoms. The van der Waals surface area contributed by atoms with Gasteiger partial charge in [-0.1, -0.05) is 0 Å². The van der Waals surface area contributed by atoms with Crippen molar-refractivity contribution in [2.45, 2.75) is 44.1 Å². The van der Waals surface area contributed by atoms with Gasteiger partial charge in [-0.2, -0.15) is 0 Å². The average Bonchev–Trinajstić information content (AvgIpc) is 3.08. The van der Waals surface area contributed by atoms with E-state index in [0.29, 0.717) is 22.7 Å². The maximum absolute atomic E-state index is 12.4. The van der Waals surface area contributed by atoms with Gasteiger partial charge < -0.3 is 10.1 Å². The van der Waals surface area contributed by atoms with Gasteiger partial charge in [0.05, 0.1) is 6.10 Å². The van der Waals surface area contributed by atoms with Crippen molar-refractivity contribution in [2.75, 3.05) is 18.4 Å². The molecule has 2 fully saturated rings. The van der Waals surface area contributed by atoms with Gasteiger partial charge in [0.2, 0.25) is 0 Å². The topological polar surface area (TPSA) is 63.2 Å². The van der Waals surface area contributed by atoms with E-state index in [4.69, 9.17) is 4.74 Å². The SMILES string of the molecule is O=C(Nc1ncc(C2CCNCC2)s1)c1ccc(OC2CCC2)cc1. The molecule has 2 aromatic rings. The van der Waals surface area contributed by atoms with Crippen LogP contribution in [0.25, 0.3) is 0 Å². The summed E-state index contributed by atoms with van der Waals surface area (Å²) < 4.78 is 5.83. The molecule has 0 spiro atoms. The van der Waals surface area contributed by atoms with Crippen LogP contribution >= 0.6 is 11.3 Å². The maximum Gasteiger partial charge on any atom is 0.257 e. The van der Waals surface area contributed by atoms with Crippen LogP contribution in [-0.2, 0) is 0 Å². The minimum absolute atomic E-state index is 0.124. The predicted octanol–water partition coefficient (Wildman–Crippen LogP) is 3.79. The molecule has 0 unspecified atom stereocenters. The number of carbonyl (C=O) groups is 1. The van der Waals surface area contributed by atoms with Crippen molar-refractivity contribution in [1.29, 1.82) is 0 Å². The van der Waals surface area contributed by atoms with E-state index in [0.717, 1.165) is 44.5 Å². The zero-order valence-corrected chi connectivity index (χ0v) is 15.0. The van der Waals surface area contributed by atoms with Gasteiger partial charge in [0.1, 0.15) is 5.75 Å². The Hall–Kier alpha value is -1.92. The van der Waals surface area contributed by atoms with Gasteiger partial charge in [-0.3, -0.25) is 10.1 Å². The van der Waals surface area contributed by atoms with Gasteiger partial charge in [0.15, 0.2) is 5.13 Å². The first kappa shape index (κ1) is 16.5. The van der Waals surface area contributed by atoms with Crippen LogP contribution in [0.2, 0.25) is 0 Å². The van der Waals surface area contributed by atoms with Crippen LogP contribution in [0, 0.1) is 0 Å². The molecular formula is C19H23N3O2S. The highest BCUT2D eigenvalue weighted by atomic mass is 32.1. The lowest BCUT2D eigenvalue weighted by molar-refractivity contribution is 0.102. The number of nitrogens with one attached hydrogen (secondary N) is 2. The summed E-state index contributed by atoms with van der Waals surface area (Å²) in [5.74, 6) is 1.28. The van der Waals surface area contributed by atoms with Crippen LogP contribution in [0.3, 0.4) is 0 Å². The first-order valence-corrected chi connectivity index (χ1v) is 9.84. The van der Waals surface area contributed by atoms with E-state index in [1.165, 1.54) is 11.3 Å². The van der Waals surface area contributed by atoms with E-state index in [1.807, 2.05) is 30.5 Å². The fraction of sp³-hybridized carbons (Fsp3) is 0.474. The first-order valence-electron chi connectivity index (χ1n) is 9.02. The van der Waals surface area contributed by atoms with Crippen molar-refractivity contribution in [3.8, 4) is 5.75 Å². The number of ether oxygens (including phenoxy) is 1. The van der Waals surface area contributed by atoms with Crippen molar-refractivity contribution in [2.24, 2.45) is 0 Å². The molecule has 1 saturated carbocycles. The fourth-order valence-corrected chi connectivity index (χ4v) is 4.15. The zero-order valence-electron chi connectivity index (χ0n) is 14.2. The summed E-state index contributed by atoms with van der Waals surface area (Å²) >= 11 is 1.59. The van der Waals surface area contributed by atoms with E-state index in [9.17, 15) is 4.79 Å². The van der Waals surface area contributed by atoms with Crippen LogP contribution < -0.4 is 15.4 Å². The van der Waals surface area contributed by atoms with Crippen molar-refractivity contribution in [3.05, 3.63) is 40.9 Å². The monoisotopic (exact) mass is 357 g/mol. The molecule has 2 aliphatic rings. The predicted molar refractivity (Wildman–Crippen MR) is 99.6 cm³/mol. The number of piperidine rings is 1. The van der Waals surface area contributed by atoms with Gasteiger partial charge in [0.25, 0.3) is 5.91 Å². The summed E-state index contributed by atoms with van der Waals surface area (Å²) in [4.78, 5) is 18.0. The Balaban J connectivity index is 1.35. The smallest absolute Gasteiger partial charge is 0.257 e. The third-order valence-electron chi connectivity index (χ3n) is 4.96. The lowest BCUT2D eigenvalue weighted by atomic mass is 9.96. The number of carbonyl (C=O) groups excluding carboxylic acids is 1. The van der Waals surface area contributed by atoms with Gasteiger partial charge in [-0.15, -0.1) is 11.3 Å². The molecule has 6 heteroatoms. The Bertz CT molecular complexity index is 719. The quantitative estimate of drug-likeness (QED) is 0.854. The number of aromatic nitrogens is 1. The standard InChI is InChI=1S/C19H23N3O2S/c23-18(14-4-6-16(7-5-14)24-15-2-1-3-15)22-19-21-12-17(25-19)13-8-10-20-11-9-13/h4-7,12-13,15,20H,1-3,8-11H2,(H,21,22,23). The average molecular weight is 357 g/mol. The molecule has 1 aliphatic carbocycles. The molecule has 0 bridgehead atoms. The molecule has 2 N–H and O–H groups in total. The number of nitrogens with zero attached hydrogens (tertiary/aromatic N) is 1. The molecule has 0 radical (unpaired) electrons. The van der Waals surface area contributed by atoms with Gasteiger partial charge in [0, 0.05) is 16.6 Å². The Morgan fingerprint density at radius 3 is 2.60 bits per heavy atom. The molecule has 4 rings (SSSR count). The lowest BCUT2D eigenvalue weighted by Gasteiger charge is -2.26. The highest BCUT2D eigenvalue weighted by Gasteiger charge is 2.20. The molecule has 0 atom stereocenters. The van der Waals surface area contributed by atoms with Crippen LogP contribution in [0.15, 0.2) is 30.5 Å². The summed E-state index contributed by atoms with van der Waals surface area (Å²) in [6.45, 7) is 2.11. The molecule has 5 nitrogen and oxygen atoms in total. The molecule has 1 amide bonds. The van der Waals surface area contributed by atoms with E-state index >= 15 is 0 Å². The molecule has 1 aromatic heterocycles. The van der Waals surface area contributed by atoms with E-state index in [-0.39, 0.29) is 5.91 Å². The zero-order chi connectivity index (χ0) is 17.1. The molecular weight excluding hydrogens is 334 g/mol. The van der Waals surface area contributed by atoms with Crippen LogP contribution in [0.1, 0.15) is 53.3 Å². The largest absolute Gasteiger partial charge is 0.490 e. The number of hydrogen-bond donors (Lipinski definition) is 2. The van der Waals surface area contributed by atoms with Crippen LogP contribution in [0.5, 0.6) is 5.75 Å². The van der Waals surface area contributed by atoms with Crippen LogP contribution in [0.4, 0.5) is 5.13 Å². The minimum atomic E-state index is -0.124. The first-order chi connectivity index (χ1) is 12.3. The van der Waals surface area contributed by atoms with E-state index in [2.05, 4.69) is 15.6 Å². The maximum atomic E-state index is 12.4. The summed E-state index contributed by atoms with van der Waals surface area (Å²) in [6, 6.07) is 7.36. The second-order valence-corrected chi connectivity index (χ2v) is 7.80. The number of benzene rings is 1. The number of hydrogen-bond acceptors (Lipinski definition) is 5. The number of anilines is 1. The Labute approximate surface area is 151 Å². The second kappa shape index (κ2) is 7.54. The Morgan fingerprint density at radius 1 is 1.16 bits per heavy atom. The fourth-order valence-electron chi connectivity index (χ4n) is 3.17. The van der Waals surface area contributed by atoms with Gasteiger partial charge >= 0.3 is 0 Å². The normalized spacial score (nSPS) is 18.6. The number of thiazole rings is 1. The number of amides is 1. The summed E-state index contributed by atoms with van der Waals surface area (Å²) in [5.41, 5.74) is 0.625. The second-order valence-electron chi connectivity index (χ2n) is 6.74. The summed E-state index contributed by atoms with van der Waals surface area (Å²) in [7, 11) is 0. The van der Waals surface area contributed by atoms with Crippen LogP contribution in [-0.4, -0.2) is 30.1 Å². The molecule has 1 saturated heterocycles. The molecule has 2 heterocycles. The lowest BCUT2D eigenvalue weighted by Crippen LogP contribution is -2.26. The highest BCUT2D eigenvalue weighted by molar-refractivity contribution is 7.15. The third-order valence-corrected chi connectivity index (χ3v) is 6.03. The summed E-state index contributed by atoms with van der Waals surface area (Å²) in [6.07, 6.45) is 8.04. The van der Waals surface area contributed by atoms with E-state index in [1.54, 1.807) is 11.3 Å². The molecule has 1 aromatic carbocycles. The van der Waals surface area contributed by atoms with Gasteiger partial charge in [-0.05, 0) is 75.4 Å². The third kappa shape index (κ3) is 4.02. The minimum Gasteiger partial charge on any atom is -0.490 e. The molecule has 132 valence electrons. The Morgan fingerprint density at radius 2 is 1.92 bits per heavy atom. The van der Waals surface area contributed by atoms with E-state index < -0.39 is 0 Å². The summed E-state index contributed by atoms with van der Waals surface area (Å²) in [5, 5.41) is 6.96. The van der Waals surface area contributed by atoms with Crippen molar-refractivity contribution < 1.29 is 9.53 Å². The van der Waals surface area contributed by atoms with Gasteiger partial charge in [-0.25, -0.2) is 4.98 Å². The number of rotatable bonds is 5. The molecule has 1 aliphatic heterocycles.